The second kappa shape index (κ2) is 8.92. The van der Waals surface area contributed by atoms with Crippen LogP contribution in [0.1, 0.15) is 27.7 Å². The van der Waals surface area contributed by atoms with Gasteiger partial charge in [0.05, 0.1) is 18.7 Å². The molecule has 0 saturated heterocycles. The molecule has 0 fully saturated rings. The zero-order chi connectivity index (χ0) is 14.1. The largest absolute Gasteiger partial charge is 0.386 e. The van der Waals surface area contributed by atoms with E-state index in [4.69, 9.17) is 15.9 Å². The summed E-state index contributed by atoms with van der Waals surface area (Å²) >= 11 is 0. The van der Waals surface area contributed by atoms with Crippen molar-refractivity contribution >= 4 is 12.2 Å². The number of alkyl halides is 1. The molecule has 17 heavy (non-hydrogen) atoms. The molecule has 1 unspecified atom stereocenters. The molecule has 1 amide bonds. The van der Waals surface area contributed by atoms with E-state index < -0.39 is 6.17 Å². The van der Waals surface area contributed by atoms with Crippen molar-refractivity contribution in [1.82, 2.24) is 4.90 Å². The predicted molar refractivity (Wildman–Crippen MR) is 66.9 cm³/mol. The Morgan fingerprint density at radius 3 is 2.18 bits per heavy atom. The number of ether oxygens (including phenoxy) is 1. The molecule has 0 rings (SSSR count). The van der Waals surface area contributed by atoms with E-state index in [0.717, 1.165) is 4.90 Å². The van der Waals surface area contributed by atoms with Gasteiger partial charge in [-0.05, 0) is 27.7 Å². The maximum Gasteiger partial charge on any atom is 0.210 e. The lowest BCUT2D eigenvalue weighted by molar-refractivity contribution is -0.118. The van der Waals surface area contributed by atoms with Crippen molar-refractivity contribution in [2.75, 3.05) is 20.2 Å². The molecule has 0 radical (unpaired) electrons. The second-order valence-corrected chi connectivity index (χ2v) is 4.66. The molecule has 0 aromatic rings. The number of halogens is 1. The number of hydrogen-bond donors (Lipinski definition) is 2. The third-order valence-electron chi connectivity index (χ3n) is 1.62. The van der Waals surface area contributed by atoms with Gasteiger partial charge in [-0.1, -0.05) is 0 Å². The number of amides is 1. The van der Waals surface area contributed by atoms with Crippen molar-refractivity contribution < 1.29 is 13.9 Å². The van der Waals surface area contributed by atoms with Crippen LogP contribution < -0.4 is 5.73 Å². The molecule has 6 heteroatoms. The molecule has 0 saturated carbocycles. The van der Waals surface area contributed by atoms with Crippen molar-refractivity contribution in [2.24, 2.45) is 5.73 Å². The van der Waals surface area contributed by atoms with Gasteiger partial charge in [-0.25, -0.2) is 4.39 Å². The van der Waals surface area contributed by atoms with Crippen molar-refractivity contribution in [2.45, 2.75) is 39.5 Å². The highest BCUT2D eigenvalue weighted by molar-refractivity contribution is 5.80. The number of carbonyl (C=O) groups excluding carboxylic acids is 1. The van der Waals surface area contributed by atoms with Crippen LogP contribution in [-0.4, -0.2) is 49.1 Å². The summed E-state index contributed by atoms with van der Waals surface area (Å²) in [5, 5.41) is 6.83. The minimum Gasteiger partial charge on any atom is -0.386 e. The van der Waals surface area contributed by atoms with Gasteiger partial charge in [0, 0.05) is 7.11 Å². The fraction of sp³-hybridized carbons (Fsp3) is 0.818. The van der Waals surface area contributed by atoms with E-state index in [1.54, 1.807) is 7.11 Å². The molecule has 5 nitrogen and oxygen atoms in total. The standard InChI is InChI=1S/C6H12FN3O.C5H12O/c1-5(7)2-10(4-11)3-6(8)9;1-5(2,3)6-4/h4-5H,2-3H2,1H3,(H3,8,9);1-4H3. The number of rotatable bonds is 5. The maximum atomic E-state index is 12.3. The molecular formula is C11H24FN3O2. The van der Waals surface area contributed by atoms with E-state index in [2.05, 4.69) is 0 Å². The molecular weight excluding hydrogens is 225 g/mol. The molecule has 0 spiro atoms. The summed E-state index contributed by atoms with van der Waals surface area (Å²) in [5.74, 6) is -0.141. The maximum absolute atomic E-state index is 12.3. The zero-order valence-electron chi connectivity index (χ0n) is 11.3. The number of nitrogens with two attached hydrogens (primary N) is 1. The number of amidine groups is 1. The average Bonchev–Trinajstić information content (AvgIpc) is 2.15. The van der Waals surface area contributed by atoms with E-state index in [9.17, 15) is 9.18 Å². The molecule has 0 aromatic heterocycles. The second-order valence-electron chi connectivity index (χ2n) is 4.66. The summed E-state index contributed by atoms with van der Waals surface area (Å²) in [6, 6.07) is 0. The van der Waals surface area contributed by atoms with E-state index in [0.29, 0.717) is 6.41 Å². The highest BCUT2D eigenvalue weighted by Crippen LogP contribution is 2.02. The van der Waals surface area contributed by atoms with Crippen LogP contribution in [0.5, 0.6) is 0 Å². The Labute approximate surface area is 103 Å². The lowest BCUT2D eigenvalue weighted by atomic mass is 10.2. The van der Waals surface area contributed by atoms with E-state index in [1.807, 2.05) is 20.8 Å². The van der Waals surface area contributed by atoms with Gasteiger partial charge in [0.2, 0.25) is 6.41 Å². The fourth-order valence-corrected chi connectivity index (χ4v) is 0.687. The van der Waals surface area contributed by atoms with Gasteiger partial charge >= 0.3 is 0 Å². The van der Waals surface area contributed by atoms with Gasteiger partial charge in [-0.15, -0.1) is 0 Å². The van der Waals surface area contributed by atoms with Crippen LogP contribution in [0.4, 0.5) is 4.39 Å². The van der Waals surface area contributed by atoms with Crippen LogP contribution in [0.15, 0.2) is 0 Å². The molecule has 102 valence electrons. The smallest absolute Gasteiger partial charge is 0.210 e. The third kappa shape index (κ3) is 17.4. The molecule has 0 bridgehead atoms. The van der Waals surface area contributed by atoms with E-state index in [1.165, 1.54) is 6.92 Å². The Hall–Kier alpha value is -1.17. The molecule has 1 atom stereocenters. The lowest BCUT2D eigenvalue weighted by Crippen LogP contribution is -2.35. The Morgan fingerprint density at radius 2 is 2.00 bits per heavy atom. The summed E-state index contributed by atoms with van der Waals surface area (Å²) in [7, 11) is 1.71. The fourth-order valence-electron chi connectivity index (χ4n) is 0.687. The quantitative estimate of drug-likeness (QED) is 0.436. The molecule has 0 aliphatic carbocycles. The van der Waals surface area contributed by atoms with Gasteiger partial charge in [-0.2, -0.15) is 0 Å². The van der Waals surface area contributed by atoms with Crippen LogP contribution in [0.3, 0.4) is 0 Å². The van der Waals surface area contributed by atoms with Gasteiger partial charge in [0.15, 0.2) is 0 Å². The normalized spacial score (nSPS) is 12.1. The van der Waals surface area contributed by atoms with Crippen molar-refractivity contribution in [3.05, 3.63) is 0 Å². The van der Waals surface area contributed by atoms with Gasteiger partial charge in [0.25, 0.3) is 0 Å². The van der Waals surface area contributed by atoms with Crippen LogP contribution in [0.2, 0.25) is 0 Å². The van der Waals surface area contributed by atoms with Crippen molar-refractivity contribution in [3.63, 3.8) is 0 Å². The summed E-state index contributed by atoms with van der Waals surface area (Å²) in [6.07, 6.45) is -0.600. The minimum atomic E-state index is -1.08. The monoisotopic (exact) mass is 249 g/mol. The molecule has 0 aliphatic rings. The first-order valence-electron chi connectivity index (χ1n) is 5.33. The number of carbonyl (C=O) groups is 1. The summed E-state index contributed by atoms with van der Waals surface area (Å²) in [5.41, 5.74) is 5.05. The molecule has 0 aromatic carbocycles. The topological polar surface area (TPSA) is 79.4 Å². The van der Waals surface area contributed by atoms with E-state index in [-0.39, 0.29) is 24.5 Å². The van der Waals surface area contributed by atoms with Crippen LogP contribution >= 0.6 is 0 Å². The van der Waals surface area contributed by atoms with Crippen molar-refractivity contribution in [1.29, 1.82) is 5.41 Å². The van der Waals surface area contributed by atoms with Crippen LogP contribution in [0, 0.1) is 5.41 Å². The third-order valence-corrected chi connectivity index (χ3v) is 1.62. The van der Waals surface area contributed by atoms with Crippen LogP contribution in [0.25, 0.3) is 0 Å². The predicted octanol–water partition coefficient (Wildman–Crippen LogP) is 1.17. The number of nitrogens with one attached hydrogen (secondary N) is 1. The molecule has 0 heterocycles. The summed E-state index contributed by atoms with van der Waals surface area (Å²) in [6.45, 7) is 7.39. The van der Waals surface area contributed by atoms with Crippen molar-refractivity contribution in [3.8, 4) is 0 Å². The molecule has 0 aliphatic heterocycles. The van der Waals surface area contributed by atoms with E-state index >= 15 is 0 Å². The Kier molecular flexibility index (Phi) is 9.55. The Bertz CT molecular complexity index is 227. The Morgan fingerprint density at radius 1 is 1.59 bits per heavy atom. The first kappa shape index (κ1) is 18.2. The highest BCUT2D eigenvalue weighted by Gasteiger charge is 2.07. The minimum absolute atomic E-state index is 0.00222. The summed E-state index contributed by atoms with van der Waals surface area (Å²) in [4.78, 5) is 11.3. The first-order valence-corrected chi connectivity index (χ1v) is 5.33. The van der Waals surface area contributed by atoms with Crippen LogP contribution in [-0.2, 0) is 9.53 Å². The SMILES string of the molecule is CC(F)CN(C=O)CC(=N)N.COC(C)(C)C. The molecule has 3 N–H and O–H groups in total. The number of methoxy groups -OCH3 is 1. The van der Waals surface area contributed by atoms with Gasteiger partial charge < -0.3 is 15.4 Å². The van der Waals surface area contributed by atoms with Gasteiger partial charge in [-0.3, -0.25) is 10.2 Å². The summed E-state index contributed by atoms with van der Waals surface area (Å²) < 4.78 is 17.2. The Balaban J connectivity index is 0. The lowest BCUT2D eigenvalue weighted by Gasteiger charge is -2.16. The first-order chi connectivity index (χ1) is 7.62. The highest BCUT2D eigenvalue weighted by atomic mass is 19.1. The average molecular weight is 249 g/mol. The zero-order valence-corrected chi connectivity index (χ0v) is 11.3. The number of hydrogen-bond acceptors (Lipinski definition) is 3. The number of nitrogens with zero attached hydrogens (tertiary/aromatic N) is 1. The van der Waals surface area contributed by atoms with Gasteiger partial charge in [0.1, 0.15) is 12.0 Å².